The fraction of sp³-hybridized carbons (Fsp3) is 0. The van der Waals surface area contributed by atoms with Crippen LogP contribution in [0.3, 0.4) is 0 Å². The van der Waals surface area contributed by atoms with Gasteiger partial charge in [-0.2, -0.15) is 5.26 Å². The highest BCUT2D eigenvalue weighted by atomic mass is 32.2. The highest BCUT2D eigenvalue weighted by Crippen LogP contribution is 2.18. The summed E-state index contributed by atoms with van der Waals surface area (Å²) in [6.07, 6.45) is 0. The number of nitrogens with zero attached hydrogens (tertiary/aromatic N) is 1. The molecule has 0 fully saturated rings. The van der Waals surface area contributed by atoms with Crippen molar-refractivity contribution in [1.82, 2.24) is 4.98 Å². The summed E-state index contributed by atoms with van der Waals surface area (Å²) in [4.78, 5) is 2.66. The van der Waals surface area contributed by atoms with Gasteiger partial charge in [0.15, 0.2) is 0 Å². The maximum absolute atomic E-state index is 11.0. The zero-order valence-electron chi connectivity index (χ0n) is 7.56. The van der Waals surface area contributed by atoms with Crippen LogP contribution in [-0.2, 0) is 10.0 Å². The van der Waals surface area contributed by atoms with Gasteiger partial charge in [-0.05, 0) is 24.3 Å². The van der Waals surface area contributed by atoms with Crippen molar-refractivity contribution >= 4 is 20.9 Å². The lowest BCUT2D eigenvalue weighted by atomic mass is 10.2. The minimum absolute atomic E-state index is 0.0485. The predicted molar refractivity (Wildman–Crippen MR) is 54.4 cm³/mol. The monoisotopic (exact) mass is 221 g/mol. The third-order valence-corrected chi connectivity index (χ3v) is 2.86. The van der Waals surface area contributed by atoms with Gasteiger partial charge < -0.3 is 4.98 Å². The van der Waals surface area contributed by atoms with Crippen LogP contribution >= 0.6 is 0 Å². The van der Waals surface area contributed by atoms with Gasteiger partial charge in [-0.15, -0.1) is 0 Å². The number of nitriles is 1. The smallest absolute Gasteiger partial charge is 0.253 e. The first-order chi connectivity index (χ1) is 7.00. The second kappa shape index (κ2) is 3.08. The van der Waals surface area contributed by atoms with E-state index in [9.17, 15) is 8.42 Å². The molecule has 0 aliphatic heterocycles. The first kappa shape index (κ1) is 9.71. The summed E-state index contributed by atoms with van der Waals surface area (Å²) < 4.78 is 22.1. The van der Waals surface area contributed by atoms with E-state index in [0.717, 1.165) is 0 Å². The van der Waals surface area contributed by atoms with Gasteiger partial charge in [0.1, 0.15) is 5.03 Å². The molecule has 0 radical (unpaired) electrons. The van der Waals surface area contributed by atoms with Gasteiger partial charge in [-0.3, -0.25) is 0 Å². The average Bonchev–Trinajstić information content (AvgIpc) is 2.59. The molecule has 76 valence electrons. The van der Waals surface area contributed by atoms with Gasteiger partial charge in [0, 0.05) is 10.9 Å². The number of nitrogens with two attached hydrogens (primary N) is 1. The molecule has 0 spiro atoms. The van der Waals surface area contributed by atoms with Crippen LogP contribution in [0.5, 0.6) is 0 Å². The van der Waals surface area contributed by atoms with Crippen molar-refractivity contribution < 1.29 is 8.42 Å². The largest absolute Gasteiger partial charge is 0.345 e. The zero-order valence-corrected chi connectivity index (χ0v) is 8.38. The minimum atomic E-state index is -3.72. The van der Waals surface area contributed by atoms with Gasteiger partial charge >= 0.3 is 0 Å². The van der Waals surface area contributed by atoms with Crippen molar-refractivity contribution in [2.24, 2.45) is 5.14 Å². The molecule has 1 aromatic heterocycles. The number of rotatable bonds is 1. The van der Waals surface area contributed by atoms with Crippen molar-refractivity contribution in [3.05, 3.63) is 29.8 Å². The normalized spacial score (nSPS) is 11.5. The van der Waals surface area contributed by atoms with E-state index in [1.807, 2.05) is 6.07 Å². The first-order valence-corrected chi connectivity index (χ1v) is 5.61. The molecule has 2 aromatic rings. The van der Waals surface area contributed by atoms with E-state index in [0.29, 0.717) is 16.5 Å². The SMILES string of the molecule is N#Cc1ccc2[nH]c(S(N)(=O)=O)cc2c1. The molecule has 0 saturated heterocycles. The maximum atomic E-state index is 11.0. The zero-order chi connectivity index (χ0) is 11.1. The fourth-order valence-electron chi connectivity index (χ4n) is 1.33. The maximum Gasteiger partial charge on any atom is 0.253 e. The molecule has 1 heterocycles. The van der Waals surface area contributed by atoms with Gasteiger partial charge in [-0.25, -0.2) is 13.6 Å². The van der Waals surface area contributed by atoms with Crippen LogP contribution in [0.4, 0.5) is 0 Å². The third kappa shape index (κ3) is 1.70. The molecule has 0 aliphatic rings. The van der Waals surface area contributed by atoms with Crippen LogP contribution in [0, 0.1) is 11.3 Å². The van der Waals surface area contributed by atoms with Crippen molar-refractivity contribution in [3.63, 3.8) is 0 Å². The van der Waals surface area contributed by atoms with Gasteiger partial charge in [-0.1, -0.05) is 0 Å². The molecule has 0 atom stereocenters. The predicted octanol–water partition coefficient (Wildman–Crippen LogP) is 0.687. The van der Waals surface area contributed by atoms with Crippen molar-refractivity contribution in [2.45, 2.75) is 5.03 Å². The van der Waals surface area contributed by atoms with Crippen molar-refractivity contribution in [3.8, 4) is 6.07 Å². The third-order valence-electron chi connectivity index (χ3n) is 2.03. The van der Waals surface area contributed by atoms with Crippen LogP contribution in [0.25, 0.3) is 10.9 Å². The summed E-state index contributed by atoms with van der Waals surface area (Å²) in [5.41, 5.74) is 1.11. The highest BCUT2D eigenvalue weighted by Gasteiger charge is 2.11. The Balaban J connectivity index is 2.73. The summed E-state index contributed by atoms with van der Waals surface area (Å²) in [5, 5.41) is 14.2. The Morgan fingerprint density at radius 1 is 1.33 bits per heavy atom. The van der Waals surface area contributed by atoms with E-state index in [1.165, 1.54) is 6.07 Å². The molecule has 0 saturated carbocycles. The molecule has 1 aromatic carbocycles. The second-order valence-electron chi connectivity index (χ2n) is 3.09. The van der Waals surface area contributed by atoms with E-state index in [4.69, 9.17) is 10.4 Å². The van der Waals surface area contributed by atoms with E-state index >= 15 is 0 Å². The summed E-state index contributed by atoms with van der Waals surface area (Å²) in [5.74, 6) is 0. The summed E-state index contributed by atoms with van der Waals surface area (Å²) in [7, 11) is -3.72. The molecule has 5 nitrogen and oxygen atoms in total. The Morgan fingerprint density at radius 2 is 2.07 bits per heavy atom. The van der Waals surface area contributed by atoms with Gasteiger partial charge in [0.2, 0.25) is 0 Å². The number of aromatic amines is 1. The van der Waals surface area contributed by atoms with Crippen molar-refractivity contribution in [1.29, 1.82) is 5.26 Å². The molecular formula is C9H7N3O2S. The number of hydrogen-bond acceptors (Lipinski definition) is 3. The van der Waals surface area contributed by atoms with E-state index < -0.39 is 10.0 Å². The fourth-order valence-corrected chi connectivity index (χ4v) is 1.87. The average molecular weight is 221 g/mol. The molecule has 15 heavy (non-hydrogen) atoms. The highest BCUT2D eigenvalue weighted by molar-refractivity contribution is 7.89. The number of fused-ring (bicyclic) bond motifs is 1. The number of hydrogen-bond donors (Lipinski definition) is 2. The van der Waals surface area contributed by atoms with Crippen LogP contribution in [0.1, 0.15) is 5.56 Å². The topological polar surface area (TPSA) is 99.7 Å². The molecule has 0 bridgehead atoms. The number of sulfonamides is 1. The molecular weight excluding hydrogens is 214 g/mol. The minimum Gasteiger partial charge on any atom is -0.345 e. The standard InChI is InChI=1S/C9H7N3O2S/c10-5-6-1-2-8-7(3-6)4-9(12-8)15(11,13)14/h1-4,12H,(H2,11,13,14). The molecule has 0 aliphatic carbocycles. The van der Waals surface area contributed by atoms with Crippen LogP contribution in [-0.4, -0.2) is 13.4 Å². The number of nitrogens with one attached hydrogen (secondary N) is 1. The lowest BCUT2D eigenvalue weighted by Gasteiger charge is -1.89. The van der Waals surface area contributed by atoms with E-state index in [2.05, 4.69) is 4.98 Å². The Bertz CT molecular complexity index is 664. The van der Waals surface area contributed by atoms with Gasteiger partial charge in [0.25, 0.3) is 10.0 Å². The Kier molecular flexibility index (Phi) is 2.00. The number of primary sulfonamides is 1. The number of benzene rings is 1. The molecule has 0 unspecified atom stereocenters. The lowest BCUT2D eigenvalue weighted by Crippen LogP contribution is -2.12. The Hall–Kier alpha value is -1.84. The molecule has 6 heteroatoms. The quantitative estimate of drug-likeness (QED) is 0.740. The Labute approximate surface area is 86.2 Å². The summed E-state index contributed by atoms with van der Waals surface area (Å²) >= 11 is 0. The van der Waals surface area contributed by atoms with Gasteiger partial charge in [0.05, 0.1) is 11.6 Å². The molecule has 0 amide bonds. The van der Waals surface area contributed by atoms with E-state index in [1.54, 1.807) is 18.2 Å². The lowest BCUT2D eigenvalue weighted by molar-refractivity contribution is 0.595. The number of H-pyrrole nitrogens is 1. The summed E-state index contributed by atoms with van der Waals surface area (Å²) in [6.45, 7) is 0. The second-order valence-corrected chi connectivity index (χ2v) is 4.62. The first-order valence-electron chi connectivity index (χ1n) is 4.06. The molecule has 2 rings (SSSR count). The van der Waals surface area contributed by atoms with Crippen LogP contribution in [0.2, 0.25) is 0 Å². The van der Waals surface area contributed by atoms with Crippen molar-refractivity contribution in [2.75, 3.05) is 0 Å². The Morgan fingerprint density at radius 3 is 2.67 bits per heavy atom. The number of aromatic nitrogens is 1. The summed E-state index contributed by atoms with van der Waals surface area (Å²) in [6, 6.07) is 8.22. The molecule has 3 N–H and O–H groups in total. The van der Waals surface area contributed by atoms with E-state index in [-0.39, 0.29) is 5.03 Å². The van der Waals surface area contributed by atoms with Crippen LogP contribution < -0.4 is 5.14 Å². The van der Waals surface area contributed by atoms with Crippen LogP contribution in [0.15, 0.2) is 29.3 Å².